The fourth-order valence-electron chi connectivity index (χ4n) is 1.59. The first-order valence-electron chi connectivity index (χ1n) is 5.78. The molecule has 98 valence electrons. The normalized spacial score (nSPS) is 12.7. The highest BCUT2D eigenvalue weighted by Gasteiger charge is 2.50. The quantitative estimate of drug-likeness (QED) is 0.384. The SMILES string of the molecule is CCOC(=O)C(C)(C(=O)OCC)C(C=O)CC. The van der Waals surface area contributed by atoms with Crippen LogP contribution in [0.2, 0.25) is 0 Å². The van der Waals surface area contributed by atoms with Crippen molar-refractivity contribution in [2.45, 2.75) is 34.1 Å². The van der Waals surface area contributed by atoms with Crippen LogP contribution in [0.4, 0.5) is 0 Å². The molecule has 0 aromatic heterocycles. The lowest BCUT2D eigenvalue weighted by Gasteiger charge is -2.29. The van der Waals surface area contributed by atoms with Gasteiger partial charge in [-0.2, -0.15) is 0 Å². The number of ether oxygens (including phenoxy) is 2. The molecule has 1 atom stereocenters. The lowest BCUT2D eigenvalue weighted by atomic mass is 9.76. The lowest BCUT2D eigenvalue weighted by Crippen LogP contribution is -2.46. The zero-order valence-corrected chi connectivity index (χ0v) is 10.8. The highest BCUT2D eigenvalue weighted by atomic mass is 16.6. The predicted molar refractivity (Wildman–Crippen MR) is 61.2 cm³/mol. The molecule has 0 N–H and O–H groups in total. The Labute approximate surface area is 101 Å². The minimum Gasteiger partial charge on any atom is -0.465 e. The lowest BCUT2D eigenvalue weighted by molar-refractivity contribution is -0.175. The molecule has 1 unspecified atom stereocenters. The Balaban J connectivity index is 5.25. The van der Waals surface area contributed by atoms with Crippen molar-refractivity contribution in [1.29, 1.82) is 0 Å². The highest BCUT2D eigenvalue weighted by molar-refractivity contribution is 6.02. The van der Waals surface area contributed by atoms with Crippen molar-refractivity contribution < 1.29 is 23.9 Å². The van der Waals surface area contributed by atoms with E-state index in [9.17, 15) is 14.4 Å². The topological polar surface area (TPSA) is 69.7 Å². The van der Waals surface area contributed by atoms with Crippen LogP contribution in [0.5, 0.6) is 0 Å². The molecule has 5 nitrogen and oxygen atoms in total. The molecule has 0 aliphatic rings. The van der Waals surface area contributed by atoms with Crippen LogP contribution < -0.4 is 0 Å². The Hall–Kier alpha value is -1.39. The minimum absolute atomic E-state index is 0.156. The Bertz CT molecular complexity index is 267. The van der Waals surface area contributed by atoms with Crippen molar-refractivity contribution in [3.05, 3.63) is 0 Å². The number of hydrogen-bond acceptors (Lipinski definition) is 5. The Morgan fingerprint density at radius 1 is 1.12 bits per heavy atom. The van der Waals surface area contributed by atoms with Gasteiger partial charge in [-0.1, -0.05) is 6.92 Å². The third-order valence-electron chi connectivity index (χ3n) is 2.74. The van der Waals surface area contributed by atoms with Crippen LogP contribution >= 0.6 is 0 Å². The molecule has 0 spiro atoms. The first kappa shape index (κ1) is 15.6. The summed E-state index contributed by atoms with van der Waals surface area (Å²) in [6.07, 6.45) is 0.978. The van der Waals surface area contributed by atoms with E-state index in [0.29, 0.717) is 12.7 Å². The van der Waals surface area contributed by atoms with Gasteiger partial charge in [-0.05, 0) is 27.2 Å². The van der Waals surface area contributed by atoms with Gasteiger partial charge in [0.15, 0.2) is 5.41 Å². The summed E-state index contributed by atoms with van der Waals surface area (Å²) in [5.41, 5.74) is -1.55. The second-order valence-electron chi connectivity index (χ2n) is 3.79. The van der Waals surface area contributed by atoms with Crippen LogP contribution in [-0.2, 0) is 23.9 Å². The summed E-state index contributed by atoms with van der Waals surface area (Å²) in [7, 11) is 0. The largest absolute Gasteiger partial charge is 0.465 e. The number of hydrogen-bond donors (Lipinski definition) is 0. The Morgan fingerprint density at radius 3 is 1.76 bits per heavy atom. The average molecular weight is 244 g/mol. The molecule has 0 fully saturated rings. The number of rotatable bonds is 7. The highest BCUT2D eigenvalue weighted by Crippen LogP contribution is 2.32. The summed E-state index contributed by atoms with van der Waals surface area (Å²) in [4.78, 5) is 34.7. The molecule has 0 radical (unpaired) electrons. The van der Waals surface area contributed by atoms with E-state index in [4.69, 9.17) is 9.47 Å². The summed E-state index contributed by atoms with van der Waals surface area (Å²) in [6, 6.07) is 0. The Morgan fingerprint density at radius 2 is 1.53 bits per heavy atom. The molecule has 0 rings (SSSR count). The number of esters is 2. The van der Waals surface area contributed by atoms with E-state index in [-0.39, 0.29) is 13.2 Å². The maximum Gasteiger partial charge on any atom is 0.323 e. The van der Waals surface area contributed by atoms with Crippen LogP contribution in [0.3, 0.4) is 0 Å². The van der Waals surface area contributed by atoms with Crippen LogP contribution in [0.25, 0.3) is 0 Å². The number of aldehydes is 1. The number of carbonyl (C=O) groups is 3. The molecule has 5 heteroatoms. The van der Waals surface area contributed by atoms with Gasteiger partial charge in [0.2, 0.25) is 0 Å². The smallest absolute Gasteiger partial charge is 0.323 e. The molecule has 0 aliphatic carbocycles. The maximum absolute atomic E-state index is 11.9. The summed E-state index contributed by atoms with van der Waals surface area (Å²) in [5, 5.41) is 0. The Kier molecular flexibility index (Phi) is 6.46. The molecule has 0 aliphatic heterocycles. The van der Waals surface area contributed by atoms with Gasteiger partial charge in [-0.25, -0.2) is 0 Å². The van der Waals surface area contributed by atoms with Gasteiger partial charge in [0.1, 0.15) is 6.29 Å². The summed E-state index contributed by atoms with van der Waals surface area (Å²) in [5.74, 6) is -2.16. The first-order valence-corrected chi connectivity index (χ1v) is 5.78. The molecule has 0 aromatic rings. The van der Waals surface area contributed by atoms with E-state index in [1.54, 1.807) is 20.8 Å². The van der Waals surface area contributed by atoms with E-state index in [2.05, 4.69) is 0 Å². The van der Waals surface area contributed by atoms with Crippen LogP contribution in [-0.4, -0.2) is 31.4 Å². The van der Waals surface area contributed by atoms with E-state index >= 15 is 0 Å². The standard InChI is InChI=1S/C12H20O5/c1-5-9(8-13)12(4,10(14)16-6-2)11(15)17-7-3/h8-9H,5-7H2,1-4H3. The second kappa shape index (κ2) is 7.04. The van der Waals surface area contributed by atoms with Gasteiger partial charge in [0, 0.05) is 5.92 Å². The van der Waals surface area contributed by atoms with Crippen molar-refractivity contribution in [3.63, 3.8) is 0 Å². The third kappa shape index (κ3) is 3.28. The van der Waals surface area contributed by atoms with E-state index in [1.807, 2.05) is 0 Å². The van der Waals surface area contributed by atoms with Gasteiger partial charge in [-0.3, -0.25) is 9.59 Å². The molecule has 0 amide bonds. The molecule has 0 saturated carbocycles. The van der Waals surface area contributed by atoms with Crippen LogP contribution in [0.15, 0.2) is 0 Å². The average Bonchev–Trinajstić information content (AvgIpc) is 2.30. The fourth-order valence-corrected chi connectivity index (χ4v) is 1.59. The summed E-state index contributed by atoms with van der Waals surface area (Å²) < 4.78 is 9.72. The predicted octanol–water partition coefficient (Wildman–Crippen LogP) is 1.34. The van der Waals surface area contributed by atoms with Gasteiger partial charge >= 0.3 is 11.9 Å². The summed E-state index contributed by atoms with van der Waals surface area (Å²) in [6.45, 7) is 6.73. The van der Waals surface area contributed by atoms with Gasteiger partial charge in [0.05, 0.1) is 13.2 Å². The molecule has 0 aromatic carbocycles. The zero-order chi connectivity index (χ0) is 13.5. The van der Waals surface area contributed by atoms with Crippen LogP contribution in [0, 0.1) is 11.3 Å². The molecular formula is C12H20O5. The van der Waals surface area contributed by atoms with Gasteiger partial charge in [-0.15, -0.1) is 0 Å². The number of carbonyl (C=O) groups excluding carboxylic acids is 3. The van der Waals surface area contributed by atoms with Crippen molar-refractivity contribution in [2.75, 3.05) is 13.2 Å². The van der Waals surface area contributed by atoms with Crippen molar-refractivity contribution >= 4 is 18.2 Å². The van der Waals surface area contributed by atoms with Crippen LogP contribution in [0.1, 0.15) is 34.1 Å². The van der Waals surface area contributed by atoms with E-state index in [0.717, 1.165) is 0 Å². The van der Waals surface area contributed by atoms with E-state index < -0.39 is 23.3 Å². The van der Waals surface area contributed by atoms with Crippen molar-refractivity contribution in [2.24, 2.45) is 11.3 Å². The van der Waals surface area contributed by atoms with Crippen molar-refractivity contribution in [3.8, 4) is 0 Å². The molecule has 0 bridgehead atoms. The minimum atomic E-state index is -1.55. The molecule has 17 heavy (non-hydrogen) atoms. The maximum atomic E-state index is 11.9. The van der Waals surface area contributed by atoms with E-state index in [1.165, 1.54) is 6.92 Å². The second-order valence-corrected chi connectivity index (χ2v) is 3.79. The van der Waals surface area contributed by atoms with Gasteiger partial charge < -0.3 is 14.3 Å². The van der Waals surface area contributed by atoms with Crippen molar-refractivity contribution in [1.82, 2.24) is 0 Å². The first-order chi connectivity index (χ1) is 7.98. The molecule has 0 saturated heterocycles. The third-order valence-corrected chi connectivity index (χ3v) is 2.74. The molecular weight excluding hydrogens is 224 g/mol. The fraction of sp³-hybridized carbons (Fsp3) is 0.750. The zero-order valence-electron chi connectivity index (χ0n) is 10.8. The van der Waals surface area contributed by atoms with Gasteiger partial charge in [0.25, 0.3) is 0 Å². The summed E-state index contributed by atoms with van der Waals surface area (Å²) >= 11 is 0. The molecule has 0 heterocycles. The monoisotopic (exact) mass is 244 g/mol.